The molecule has 7 nitrogen and oxygen atoms in total. The Morgan fingerprint density at radius 1 is 1.05 bits per heavy atom. The number of hydrogen-bond acceptors (Lipinski definition) is 5. The molecule has 2 saturated heterocycles. The van der Waals surface area contributed by atoms with E-state index in [1.54, 1.807) is 12.0 Å². The highest BCUT2D eigenvalue weighted by molar-refractivity contribution is 5.85. The van der Waals surface area contributed by atoms with Crippen molar-refractivity contribution in [1.29, 1.82) is 0 Å². The van der Waals surface area contributed by atoms with Crippen molar-refractivity contribution in [1.82, 2.24) is 15.1 Å². The van der Waals surface area contributed by atoms with Crippen LogP contribution in [-0.4, -0.2) is 66.6 Å². The maximum atomic E-state index is 13.6. The van der Waals surface area contributed by atoms with Crippen LogP contribution >= 0.6 is 12.4 Å². The van der Waals surface area contributed by atoms with Crippen LogP contribution in [0.4, 0.5) is 13.6 Å². The average Bonchev–Trinajstić information content (AvgIpc) is 3.26. The number of halogens is 3. The minimum atomic E-state index is -2.65. The molecule has 0 unspecified atom stereocenters. The van der Waals surface area contributed by atoms with Gasteiger partial charge in [0.1, 0.15) is 11.4 Å². The predicted octanol–water partition coefficient (Wildman–Crippen LogP) is 5.98. The second kappa shape index (κ2) is 13.4. The quantitative estimate of drug-likeness (QED) is 0.389. The molecule has 1 atom stereocenters. The van der Waals surface area contributed by atoms with Gasteiger partial charge in [0.15, 0.2) is 0 Å². The number of nitrogens with zero attached hydrogens (tertiary/aromatic N) is 2. The molecule has 1 aliphatic carbocycles. The van der Waals surface area contributed by atoms with Crippen molar-refractivity contribution < 1.29 is 27.8 Å². The molecule has 224 valence electrons. The van der Waals surface area contributed by atoms with Crippen molar-refractivity contribution in [2.24, 2.45) is 5.92 Å². The zero-order valence-corrected chi connectivity index (χ0v) is 24.3. The van der Waals surface area contributed by atoms with E-state index < -0.39 is 11.5 Å². The third kappa shape index (κ3) is 7.89. The normalized spacial score (nSPS) is 21.1. The number of carbonyl (C=O) groups is 2. The number of methoxy groups -OCH3 is 1. The highest BCUT2D eigenvalue weighted by Gasteiger charge is 2.47. The zero-order valence-electron chi connectivity index (χ0n) is 23.5. The number of hydrogen-bond donors (Lipinski definition) is 1. The van der Waals surface area contributed by atoms with Crippen LogP contribution in [0.5, 0.6) is 5.75 Å². The molecule has 1 N–H and O–H groups in total. The molecule has 1 saturated carbocycles. The van der Waals surface area contributed by atoms with Crippen LogP contribution in [0, 0.1) is 5.92 Å². The zero-order chi connectivity index (χ0) is 28.2. The van der Waals surface area contributed by atoms with Crippen molar-refractivity contribution in [3.63, 3.8) is 0 Å². The fourth-order valence-corrected chi connectivity index (χ4v) is 6.12. The molecule has 2 aliphatic heterocycles. The Bertz CT molecular complexity index is 1150. The number of benzene rings is 2. The number of rotatable bonds is 9. The summed E-state index contributed by atoms with van der Waals surface area (Å²) < 4.78 is 38.3. The average molecular weight is 592 g/mol. The van der Waals surface area contributed by atoms with Gasteiger partial charge in [0, 0.05) is 57.8 Å². The van der Waals surface area contributed by atoms with Crippen LogP contribution in [0.1, 0.15) is 62.1 Å². The molecule has 1 spiro atoms. The summed E-state index contributed by atoms with van der Waals surface area (Å²) in [4.78, 5) is 29.8. The second-order valence-electron chi connectivity index (χ2n) is 11.5. The van der Waals surface area contributed by atoms with E-state index in [-0.39, 0.29) is 62.1 Å². The molecule has 2 heterocycles. The van der Waals surface area contributed by atoms with E-state index in [0.717, 1.165) is 55.8 Å². The fourth-order valence-electron chi connectivity index (χ4n) is 6.12. The van der Waals surface area contributed by atoms with Gasteiger partial charge in [-0.15, -0.1) is 12.4 Å². The van der Waals surface area contributed by atoms with Crippen LogP contribution in [0.15, 0.2) is 54.6 Å². The first-order chi connectivity index (χ1) is 19.2. The lowest BCUT2D eigenvalue weighted by atomic mass is 9.86. The molecule has 2 aromatic carbocycles. The maximum Gasteiger partial charge on any atom is 0.410 e. The number of nitrogens with one attached hydrogen (secondary N) is 1. The highest BCUT2D eigenvalue weighted by atomic mass is 35.5. The first-order valence-electron chi connectivity index (χ1n) is 14.3. The smallest absolute Gasteiger partial charge is 0.410 e. The van der Waals surface area contributed by atoms with Gasteiger partial charge in [-0.05, 0) is 42.5 Å². The summed E-state index contributed by atoms with van der Waals surface area (Å²) in [6.07, 6.45) is 1.97. The van der Waals surface area contributed by atoms with E-state index in [1.807, 2.05) is 54.6 Å². The van der Waals surface area contributed by atoms with Crippen molar-refractivity contribution in [2.45, 2.75) is 69.1 Å². The summed E-state index contributed by atoms with van der Waals surface area (Å²) in [5.41, 5.74) is 1.59. The molecule has 3 fully saturated rings. The minimum absolute atomic E-state index is 0. The monoisotopic (exact) mass is 591 g/mol. The van der Waals surface area contributed by atoms with E-state index in [9.17, 15) is 18.4 Å². The first kappa shape index (κ1) is 31.0. The number of amides is 2. The van der Waals surface area contributed by atoms with Gasteiger partial charge >= 0.3 is 6.09 Å². The maximum absolute atomic E-state index is 13.6. The largest absolute Gasteiger partial charge is 0.497 e. The standard InChI is InChI=1S/C31H39F2N3O4.ClH/c1-39-26-9-7-23(8-10-26)21-36-22-30(40-29(36)38)16-19-35(20-17-30)18-13-27(24-5-3-2-4-6-24)34-28(37)25-11-14-31(32,33)15-12-25;/h2-10,25,27H,11-22H2,1H3,(H,34,37);1H/t27-;/m0./s1. The molecular formula is C31H40ClF2N3O4. The molecule has 2 amide bonds. The summed E-state index contributed by atoms with van der Waals surface area (Å²) in [5, 5.41) is 3.17. The van der Waals surface area contributed by atoms with E-state index in [4.69, 9.17) is 9.47 Å². The SMILES string of the molecule is COc1ccc(CN2CC3(CCN(CC[C@H](NC(=O)C4CCC(F)(F)CC4)c4ccccc4)CC3)OC2=O)cc1.Cl. The van der Waals surface area contributed by atoms with Crippen LogP contribution in [-0.2, 0) is 16.1 Å². The van der Waals surface area contributed by atoms with Gasteiger partial charge in [-0.2, -0.15) is 0 Å². The van der Waals surface area contributed by atoms with E-state index in [0.29, 0.717) is 13.1 Å². The van der Waals surface area contributed by atoms with Gasteiger partial charge in [0.25, 0.3) is 0 Å². The van der Waals surface area contributed by atoms with E-state index >= 15 is 0 Å². The van der Waals surface area contributed by atoms with Gasteiger partial charge in [0.2, 0.25) is 11.8 Å². The molecule has 0 radical (unpaired) electrons. The summed E-state index contributed by atoms with van der Waals surface area (Å²) in [7, 11) is 1.63. The number of ether oxygens (including phenoxy) is 2. The van der Waals surface area contributed by atoms with Crippen LogP contribution in [0.2, 0.25) is 0 Å². The van der Waals surface area contributed by atoms with Crippen LogP contribution < -0.4 is 10.1 Å². The second-order valence-corrected chi connectivity index (χ2v) is 11.5. The molecule has 41 heavy (non-hydrogen) atoms. The Balaban J connectivity index is 0.00000387. The van der Waals surface area contributed by atoms with Crippen LogP contribution in [0.25, 0.3) is 0 Å². The summed E-state index contributed by atoms with van der Waals surface area (Å²) in [6.45, 7) is 3.47. The molecule has 0 bridgehead atoms. The summed E-state index contributed by atoms with van der Waals surface area (Å²) in [6, 6.07) is 17.4. The van der Waals surface area contributed by atoms with Gasteiger partial charge in [0.05, 0.1) is 19.7 Å². The van der Waals surface area contributed by atoms with Gasteiger partial charge < -0.3 is 19.7 Å². The third-order valence-corrected chi connectivity index (χ3v) is 8.68. The number of piperidine rings is 1. The summed E-state index contributed by atoms with van der Waals surface area (Å²) >= 11 is 0. The fraction of sp³-hybridized carbons (Fsp3) is 0.548. The Morgan fingerprint density at radius 2 is 1.71 bits per heavy atom. The molecular weight excluding hydrogens is 552 g/mol. The summed E-state index contributed by atoms with van der Waals surface area (Å²) in [5.74, 6) is -2.36. The molecule has 0 aromatic heterocycles. The van der Waals surface area contributed by atoms with E-state index in [1.165, 1.54) is 0 Å². The Labute approximate surface area is 247 Å². The van der Waals surface area contributed by atoms with Crippen molar-refractivity contribution in [3.8, 4) is 5.75 Å². The topological polar surface area (TPSA) is 71.1 Å². The first-order valence-corrected chi connectivity index (χ1v) is 14.3. The number of alkyl halides is 2. The molecule has 3 aliphatic rings. The predicted molar refractivity (Wildman–Crippen MR) is 154 cm³/mol. The van der Waals surface area contributed by atoms with Crippen molar-refractivity contribution >= 4 is 24.4 Å². The Hall–Kier alpha value is -2.91. The number of carbonyl (C=O) groups excluding carboxylic acids is 2. The lowest BCUT2D eigenvalue weighted by Gasteiger charge is -2.38. The van der Waals surface area contributed by atoms with Gasteiger partial charge in [-0.25, -0.2) is 13.6 Å². The van der Waals surface area contributed by atoms with Gasteiger partial charge in [-0.1, -0.05) is 42.5 Å². The molecule has 5 rings (SSSR count). The van der Waals surface area contributed by atoms with E-state index in [2.05, 4.69) is 10.2 Å². The molecule has 10 heteroatoms. The van der Waals surface area contributed by atoms with Gasteiger partial charge in [-0.3, -0.25) is 9.69 Å². The lowest BCUT2D eigenvalue weighted by molar-refractivity contribution is -0.130. The Kier molecular flexibility index (Phi) is 10.1. The van der Waals surface area contributed by atoms with Crippen LogP contribution in [0.3, 0.4) is 0 Å². The lowest BCUT2D eigenvalue weighted by Crippen LogP contribution is -2.47. The third-order valence-electron chi connectivity index (χ3n) is 8.68. The molecule has 2 aromatic rings. The minimum Gasteiger partial charge on any atom is -0.497 e. The Morgan fingerprint density at radius 3 is 2.34 bits per heavy atom. The highest BCUT2D eigenvalue weighted by Crippen LogP contribution is 2.37. The van der Waals surface area contributed by atoms with Crippen molar-refractivity contribution in [3.05, 3.63) is 65.7 Å². The number of likely N-dealkylation sites (tertiary alicyclic amines) is 1. The van der Waals surface area contributed by atoms with Crippen molar-refractivity contribution in [2.75, 3.05) is 33.3 Å².